The lowest BCUT2D eigenvalue weighted by molar-refractivity contribution is -0.147. The number of amides is 1. The van der Waals surface area contributed by atoms with Crippen LogP contribution in [0.25, 0.3) is 0 Å². The molecule has 0 bridgehead atoms. The van der Waals surface area contributed by atoms with E-state index in [2.05, 4.69) is 10.3 Å². The van der Waals surface area contributed by atoms with Crippen LogP contribution in [0, 0.1) is 5.92 Å². The van der Waals surface area contributed by atoms with Gasteiger partial charge in [-0.3, -0.25) is 14.4 Å². The normalized spacial score (nSPS) is 15.1. The van der Waals surface area contributed by atoms with Crippen LogP contribution in [0.3, 0.4) is 0 Å². The molecular weight excluding hydrogens is 504 g/mol. The molecule has 1 heterocycles. The van der Waals surface area contributed by atoms with Gasteiger partial charge in [-0.1, -0.05) is 68.3 Å². The Kier molecular flexibility index (Phi) is 10.8. The summed E-state index contributed by atoms with van der Waals surface area (Å²) < 4.78 is 11.4. The molecule has 2 aliphatic rings. The molecule has 0 unspecified atom stereocenters. The van der Waals surface area contributed by atoms with Crippen molar-refractivity contribution in [3.8, 4) is 5.75 Å². The van der Waals surface area contributed by atoms with Gasteiger partial charge in [-0.25, -0.2) is 4.99 Å². The van der Waals surface area contributed by atoms with Gasteiger partial charge in [0.2, 0.25) is 11.8 Å². The van der Waals surface area contributed by atoms with E-state index >= 15 is 0 Å². The molecule has 0 radical (unpaired) electrons. The first-order chi connectivity index (χ1) is 19.5. The minimum atomic E-state index is -0.507. The van der Waals surface area contributed by atoms with Gasteiger partial charge in [0.1, 0.15) is 24.6 Å². The van der Waals surface area contributed by atoms with Crippen LogP contribution in [-0.4, -0.2) is 23.6 Å². The molecule has 7 heteroatoms. The maximum atomic E-state index is 12.5. The van der Waals surface area contributed by atoms with Gasteiger partial charge in [-0.15, -0.1) is 0 Å². The summed E-state index contributed by atoms with van der Waals surface area (Å²) in [6.45, 7) is 2.21. The van der Waals surface area contributed by atoms with Gasteiger partial charge >= 0.3 is 5.97 Å². The molecule has 1 aliphatic carbocycles. The molecule has 4 rings (SSSR count). The number of aliphatic imine (C=N–C) groups is 1. The van der Waals surface area contributed by atoms with Gasteiger partial charge < -0.3 is 14.8 Å². The summed E-state index contributed by atoms with van der Waals surface area (Å²) in [7, 11) is 0. The summed E-state index contributed by atoms with van der Waals surface area (Å²) in [6, 6.07) is 15.2. The lowest BCUT2D eigenvalue weighted by Gasteiger charge is -2.13. The first-order valence-electron chi connectivity index (χ1n) is 14.2. The zero-order chi connectivity index (χ0) is 28.2. The van der Waals surface area contributed by atoms with Crippen molar-refractivity contribution in [3.05, 3.63) is 89.3 Å². The number of ketones is 1. The molecule has 2 aromatic carbocycles. The summed E-state index contributed by atoms with van der Waals surface area (Å²) >= 11 is 0. The number of esters is 1. The lowest BCUT2D eigenvalue weighted by Crippen LogP contribution is -2.25. The van der Waals surface area contributed by atoms with Crippen molar-refractivity contribution in [2.75, 3.05) is 0 Å². The monoisotopic (exact) mass is 542 g/mol. The second-order valence-electron chi connectivity index (χ2n) is 10.4. The van der Waals surface area contributed by atoms with Crippen LogP contribution >= 0.6 is 0 Å². The highest BCUT2D eigenvalue weighted by molar-refractivity contribution is 5.95. The van der Waals surface area contributed by atoms with Crippen LogP contribution in [0.1, 0.15) is 75.0 Å². The van der Waals surface area contributed by atoms with E-state index in [1.54, 1.807) is 12.3 Å². The Bertz CT molecular complexity index is 1270. The van der Waals surface area contributed by atoms with Crippen LogP contribution in [-0.2, 0) is 38.6 Å². The van der Waals surface area contributed by atoms with Crippen LogP contribution in [0.2, 0.25) is 0 Å². The van der Waals surface area contributed by atoms with Crippen molar-refractivity contribution in [3.63, 3.8) is 0 Å². The van der Waals surface area contributed by atoms with Gasteiger partial charge in [-0.05, 0) is 54.4 Å². The SMILES string of the molecule is CCc1cc(CCC(=O)CC(=O)OCc2ccccc2)ccc1OC1=NC=CCC(NC(=O)CC2CCCC2)=C1. The van der Waals surface area contributed by atoms with Crippen molar-refractivity contribution in [1.29, 1.82) is 0 Å². The van der Waals surface area contributed by atoms with Gasteiger partial charge in [0.05, 0.1) is 0 Å². The van der Waals surface area contributed by atoms with E-state index in [-0.39, 0.29) is 31.1 Å². The first kappa shape index (κ1) is 29.0. The molecule has 40 heavy (non-hydrogen) atoms. The Hall–Kier alpha value is -4.00. The third-order valence-corrected chi connectivity index (χ3v) is 7.19. The highest BCUT2D eigenvalue weighted by Crippen LogP contribution is 2.27. The Balaban J connectivity index is 1.28. The summed E-state index contributed by atoms with van der Waals surface area (Å²) in [4.78, 5) is 41.4. The number of allylic oxidation sites excluding steroid dienone is 1. The number of aryl methyl sites for hydroxylation is 2. The summed E-state index contributed by atoms with van der Waals surface area (Å²) in [6.07, 6.45) is 12.5. The molecule has 0 atom stereocenters. The van der Waals surface area contributed by atoms with Crippen molar-refractivity contribution in [1.82, 2.24) is 5.32 Å². The number of benzene rings is 2. The molecule has 7 nitrogen and oxygen atoms in total. The Labute approximate surface area is 236 Å². The van der Waals surface area contributed by atoms with E-state index in [9.17, 15) is 14.4 Å². The summed E-state index contributed by atoms with van der Waals surface area (Å²) in [5.74, 6) is 0.975. The molecule has 2 aromatic rings. The van der Waals surface area contributed by atoms with E-state index in [4.69, 9.17) is 9.47 Å². The molecule has 1 N–H and O–H groups in total. The van der Waals surface area contributed by atoms with E-state index in [0.29, 0.717) is 36.8 Å². The van der Waals surface area contributed by atoms with Crippen molar-refractivity contribution < 1.29 is 23.9 Å². The number of nitrogens with zero attached hydrogens (tertiary/aromatic N) is 1. The minimum Gasteiger partial charge on any atom is -0.460 e. The first-order valence-corrected chi connectivity index (χ1v) is 14.2. The van der Waals surface area contributed by atoms with Gasteiger partial charge in [0.25, 0.3) is 0 Å². The lowest BCUT2D eigenvalue weighted by atomic mass is 10.0. The van der Waals surface area contributed by atoms with E-state index in [0.717, 1.165) is 41.6 Å². The highest BCUT2D eigenvalue weighted by Gasteiger charge is 2.19. The summed E-state index contributed by atoms with van der Waals surface area (Å²) in [5.41, 5.74) is 3.64. The van der Waals surface area contributed by atoms with Crippen molar-refractivity contribution in [2.24, 2.45) is 10.9 Å². The molecule has 1 amide bonds. The molecule has 210 valence electrons. The zero-order valence-corrected chi connectivity index (χ0v) is 23.2. The number of nitrogens with one attached hydrogen (secondary N) is 1. The maximum Gasteiger partial charge on any atom is 0.313 e. The van der Waals surface area contributed by atoms with Crippen molar-refractivity contribution >= 4 is 23.6 Å². The second-order valence-corrected chi connectivity index (χ2v) is 10.4. The molecule has 0 spiro atoms. The standard InChI is InChI=1S/C33H38N2O5/c1-2-27-19-25(14-16-29(36)22-33(38)39-23-26-11-4-3-5-12-26)15-17-30(27)40-32-21-28(13-8-18-34-32)35-31(37)20-24-9-6-7-10-24/h3-5,8,11-12,15,17-19,21,24H,2,6-7,9-10,13-14,16,20,22-23H2,1H3,(H,35,37). The molecule has 0 saturated heterocycles. The molecule has 1 fully saturated rings. The third-order valence-electron chi connectivity index (χ3n) is 7.19. The number of hydrogen-bond donors (Lipinski definition) is 1. The zero-order valence-electron chi connectivity index (χ0n) is 23.2. The molecule has 1 aliphatic heterocycles. The number of ether oxygens (including phenoxy) is 2. The predicted octanol–water partition coefficient (Wildman–Crippen LogP) is 6.16. The number of rotatable bonds is 12. The Morgan fingerprint density at radius 3 is 2.60 bits per heavy atom. The Morgan fingerprint density at radius 2 is 1.82 bits per heavy atom. The smallest absolute Gasteiger partial charge is 0.313 e. The number of carbonyl (C=O) groups is 3. The average molecular weight is 543 g/mol. The largest absolute Gasteiger partial charge is 0.460 e. The van der Waals surface area contributed by atoms with E-state index in [1.165, 1.54) is 12.8 Å². The van der Waals surface area contributed by atoms with Gasteiger partial charge in [-0.2, -0.15) is 0 Å². The predicted molar refractivity (Wildman–Crippen MR) is 155 cm³/mol. The summed E-state index contributed by atoms with van der Waals surface area (Å²) in [5, 5.41) is 3.04. The van der Waals surface area contributed by atoms with E-state index < -0.39 is 5.97 Å². The topological polar surface area (TPSA) is 94.1 Å². The fourth-order valence-corrected chi connectivity index (χ4v) is 5.00. The van der Waals surface area contributed by atoms with Gasteiger partial charge in [0.15, 0.2) is 0 Å². The van der Waals surface area contributed by atoms with Crippen molar-refractivity contribution in [2.45, 2.75) is 77.7 Å². The molecule has 0 aromatic heterocycles. The van der Waals surface area contributed by atoms with Crippen LogP contribution < -0.4 is 10.1 Å². The van der Waals surface area contributed by atoms with Gasteiger partial charge in [0, 0.05) is 37.2 Å². The fraction of sp³-hybridized carbons (Fsp3) is 0.394. The second kappa shape index (κ2) is 15.0. The number of Topliss-reactive ketones (excluding diaryl/α,β-unsaturated/α-hetero) is 1. The number of carbonyl (C=O) groups excluding carboxylic acids is 3. The third kappa shape index (κ3) is 9.33. The number of hydrogen-bond acceptors (Lipinski definition) is 6. The fourth-order valence-electron chi connectivity index (χ4n) is 5.00. The molecular formula is C33H38N2O5. The molecule has 1 saturated carbocycles. The Morgan fingerprint density at radius 1 is 1.02 bits per heavy atom. The van der Waals surface area contributed by atoms with Crippen LogP contribution in [0.15, 0.2) is 77.6 Å². The maximum absolute atomic E-state index is 12.5. The quantitative estimate of drug-likeness (QED) is 0.256. The van der Waals surface area contributed by atoms with E-state index in [1.807, 2.05) is 61.5 Å². The highest BCUT2D eigenvalue weighted by atomic mass is 16.5. The van der Waals surface area contributed by atoms with Crippen LogP contribution in [0.4, 0.5) is 0 Å². The average Bonchev–Trinajstić information content (AvgIpc) is 3.37. The van der Waals surface area contributed by atoms with Crippen LogP contribution in [0.5, 0.6) is 5.75 Å². The minimum absolute atomic E-state index is 0.0467.